The predicted octanol–water partition coefficient (Wildman–Crippen LogP) is 7.08. The van der Waals surface area contributed by atoms with Crippen molar-refractivity contribution in [3.8, 4) is 39.4 Å². The van der Waals surface area contributed by atoms with E-state index in [1.54, 1.807) is 6.20 Å². The second-order valence-electron chi connectivity index (χ2n) is 8.33. The van der Waals surface area contributed by atoms with Gasteiger partial charge in [-0.25, -0.2) is 14.8 Å². The summed E-state index contributed by atoms with van der Waals surface area (Å²) in [6.45, 7) is 0.479. The van der Waals surface area contributed by atoms with Crippen LogP contribution in [0.1, 0.15) is 5.56 Å². The van der Waals surface area contributed by atoms with E-state index in [1.807, 2.05) is 84.9 Å². The summed E-state index contributed by atoms with van der Waals surface area (Å²) in [5.41, 5.74) is 12.7. The Morgan fingerprint density at radius 3 is 2.08 bits per heavy atom. The minimum atomic E-state index is -5.08. The van der Waals surface area contributed by atoms with Crippen molar-refractivity contribution < 1.29 is 28.2 Å². The Hall–Kier alpha value is -4.47. The van der Waals surface area contributed by atoms with E-state index in [1.165, 1.54) is 0 Å². The van der Waals surface area contributed by atoms with Gasteiger partial charge in [0.2, 0.25) is 5.88 Å². The van der Waals surface area contributed by atoms with Crippen LogP contribution < -0.4 is 5.73 Å². The number of halogens is 4. The third-order valence-corrected chi connectivity index (χ3v) is 6.12. The quantitative estimate of drug-likeness (QED) is 0.220. The number of carboxylic acid groups (broad SMARTS) is 1. The molecule has 0 spiro atoms. The van der Waals surface area contributed by atoms with Gasteiger partial charge >= 0.3 is 12.1 Å². The van der Waals surface area contributed by atoms with Gasteiger partial charge in [0.25, 0.3) is 0 Å². The van der Waals surface area contributed by atoms with E-state index >= 15 is 0 Å². The lowest BCUT2D eigenvalue weighted by atomic mass is 9.95. The molecule has 0 unspecified atom stereocenters. The van der Waals surface area contributed by atoms with Crippen LogP contribution in [0.5, 0.6) is 5.88 Å². The minimum absolute atomic E-state index is 0.0643. The number of carboxylic acids is 1. The van der Waals surface area contributed by atoms with Crippen LogP contribution in [0.15, 0.2) is 91.1 Å². The van der Waals surface area contributed by atoms with Crippen LogP contribution in [-0.4, -0.2) is 32.3 Å². The highest BCUT2D eigenvalue weighted by Crippen LogP contribution is 2.40. The molecule has 0 saturated heterocycles. The number of rotatable bonds is 4. The fourth-order valence-corrected chi connectivity index (χ4v) is 4.12. The minimum Gasteiger partial charge on any atom is -0.493 e. The topological polar surface area (TPSA) is 109 Å². The van der Waals surface area contributed by atoms with E-state index in [4.69, 9.17) is 32.2 Å². The van der Waals surface area contributed by atoms with Gasteiger partial charge in [0.1, 0.15) is 0 Å². The van der Waals surface area contributed by atoms with Crippen molar-refractivity contribution in [3.05, 3.63) is 102 Å². The zero-order chi connectivity index (χ0) is 28.2. The lowest BCUT2D eigenvalue weighted by Gasteiger charge is -2.15. The average molecular weight is 552 g/mol. The van der Waals surface area contributed by atoms with E-state index in [2.05, 4.69) is 4.98 Å². The van der Waals surface area contributed by atoms with Crippen LogP contribution >= 0.6 is 11.6 Å². The molecule has 10 heteroatoms. The fourth-order valence-electron chi connectivity index (χ4n) is 3.88. The lowest BCUT2D eigenvalue weighted by Crippen LogP contribution is -2.21. The molecule has 0 bridgehead atoms. The van der Waals surface area contributed by atoms with E-state index < -0.39 is 12.1 Å². The van der Waals surface area contributed by atoms with Crippen molar-refractivity contribution in [2.24, 2.45) is 5.73 Å². The Labute approximate surface area is 226 Å². The molecule has 0 fully saturated rings. The van der Waals surface area contributed by atoms with Crippen LogP contribution in [0.3, 0.4) is 0 Å². The maximum Gasteiger partial charge on any atom is 0.490 e. The number of benzene rings is 3. The number of hydrogen-bond donors (Lipinski definition) is 3. The van der Waals surface area contributed by atoms with E-state index in [-0.39, 0.29) is 5.88 Å². The van der Waals surface area contributed by atoms with Crippen LogP contribution in [-0.2, 0) is 11.3 Å². The Morgan fingerprint density at radius 2 is 1.49 bits per heavy atom. The molecule has 5 rings (SSSR count). The molecule has 0 atom stereocenters. The second-order valence-corrected chi connectivity index (χ2v) is 8.73. The Morgan fingerprint density at radius 1 is 0.872 bits per heavy atom. The van der Waals surface area contributed by atoms with Gasteiger partial charge in [0.05, 0.1) is 16.6 Å². The molecule has 198 valence electrons. The number of hydrogen-bond acceptors (Lipinski definition) is 5. The van der Waals surface area contributed by atoms with Crippen LogP contribution in [0.25, 0.3) is 44.4 Å². The summed E-state index contributed by atoms with van der Waals surface area (Å²) >= 11 is 6.49. The van der Waals surface area contributed by atoms with Crippen molar-refractivity contribution >= 4 is 28.5 Å². The molecule has 5 aromatic rings. The first-order chi connectivity index (χ1) is 18.6. The highest BCUT2D eigenvalue weighted by atomic mass is 35.5. The third-order valence-electron chi connectivity index (χ3n) is 5.79. The zero-order valence-corrected chi connectivity index (χ0v) is 20.9. The SMILES string of the molecule is NCc1ccc(-c2nc3c(-c4ccccc4Cl)cnc(O)c3cc2-c2ccccc2)cc1.O=C(O)C(F)(F)F. The van der Waals surface area contributed by atoms with E-state index in [9.17, 15) is 18.3 Å². The molecule has 39 heavy (non-hydrogen) atoms. The number of aliphatic carboxylic acids is 1. The number of nitrogens with two attached hydrogens (primary N) is 1. The summed E-state index contributed by atoms with van der Waals surface area (Å²) in [7, 11) is 0. The molecule has 2 aromatic heterocycles. The summed E-state index contributed by atoms with van der Waals surface area (Å²) in [6.07, 6.45) is -3.46. The molecule has 0 amide bonds. The van der Waals surface area contributed by atoms with Crippen molar-refractivity contribution in [3.63, 3.8) is 0 Å². The van der Waals surface area contributed by atoms with E-state index in [0.29, 0.717) is 22.5 Å². The number of fused-ring (bicyclic) bond motifs is 1. The molecular formula is C29H21ClF3N3O3. The summed E-state index contributed by atoms with van der Waals surface area (Å²) in [5.74, 6) is -2.82. The molecule has 0 aliphatic rings. The summed E-state index contributed by atoms with van der Waals surface area (Å²) in [5, 5.41) is 18.9. The maximum absolute atomic E-state index is 10.6. The molecule has 2 heterocycles. The van der Waals surface area contributed by atoms with E-state index in [0.717, 1.165) is 39.1 Å². The van der Waals surface area contributed by atoms with Gasteiger partial charge in [-0.05, 0) is 23.3 Å². The van der Waals surface area contributed by atoms with Gasteiger partial charge in [-0.3, -0.25) is 0 Å². The van der Waals surface area contributed by atoms with Gasteiger partial charge < -0.3 is 15.9 Å². The molecule has 3 aromatic carbocycles. The Balaban J connectivity index is 0.000000448. The van der Waals surface area contributed by atoms with Gasteiger partial charge in [-0.15, -0.1) is 0 Å². The van der Waals surface area contributed by atoms with Crippen molar-refractivity contribution in [2.75, 3.05) is 0 Å². The average Bonchev–Trinajstić information content (AvgIpc) is 2.94. The second kappa shape index (κ2) is 11.5. The smallest absolute Gasteiger partial charge is 0.490 e. The molecule has 0 aliphatic heterocycles. The van der Waals surface area contributed by atoms with Gasteiger partial charge in [0, 0.05) is 40.0 Å². The Bertz CT molecular complexity index is 1630. The van der Waals surface area contributed by atoms with Gasteiger partial charge in [-0.1, -0.05) is 84.4 Å². The highest BCUT2D eigenvalue weighted by molar-refractivity contribution is 6.33. The number of alkyl halides is 3. The summed E-state index contributed by atoms with van der Waals surface area (Å²) < 4.78 is 31.7. The standard InChI is InChI=1S/C27H20ClN3O.C2HF3O2/c28-24-9-5-4-8-20(24)23-16-30-27(32)22-14-21(18-6-2-1-3-7-18)25(31-26(22)23)19-12-10-17(15-29)11-13-19;3-2(4,5)1(6)7/h1-14,16H,15,29H2,(H,30,32);(H,6,7). The highest BCUT2D eigenvalue weighted by Gasteiger charge is 2.38. The zero-order valence-electron chi connectivity index (χ0n) is 20.2. The molecule has 0 radical (unpaired) electrons. The van der Waals surface area contributed by atoms with Gasteiger partial charge in [-0.2, -0.15) is 13.2 Å². The number of nitrogens with zero attached hydrogens (tertiary/aromatic N) is 2. The van der Waals surface area contributed by atoms with Crippen LogP contribution in [0.4, 0.5) is 13.2 Å². The third kappa shape index (κ3) is 6.17. The first-order valence-corrected chi connectivity index (χ1v) is 11.9. The summed E-state index contributed by atoms with van der Waals surface area (Å²) in [6, 6.07) is 27.6. The normalized spacial score (nSPS) is 11.1. The first kappa shape index (κ1) is 27.6. The molecule has 0 aliphatic carbocycles. The number of aromatic hydroxyl groups is 1. The number of carbonyl (C=O) groups is 1. The van der Waals surface area contributed by atoms with Crippen molar-refractivity contribution in [2.45, 2.75) is 12.7 Å². The van der Waals surface area contributed by atoms with Crippen molar-refractivity contribution in [1.82, 2.24) is 9.97 Å². The van der Waals surface area contributed by atoms with Crippen LogP contribution in [0.2, 0.25) is 5.02 Å². The first-order valence-electron chi connectivity index (χ1n) is 11.5. The molecular weight excluding hydrogens is 531 g/mol. The largest absolute Gasteiger partial charge is 0.493 e. The van der Waals surface area contributed by atoms with Gasteiger partial charge in [0.15, 0.2) is 0 Å². The lowest BCUT2D eigenvalue weighted by molar-refractivity contribution is -0.192. The number of pyridine rings is 2. The predicted molar refractivity (Wildman–Crippen MR) is 144 cm³/mol. The molecule has 6 nitrogen and oxygen atoms in total. The monoisotopic (exact) mass is 551 g/mol. The Kier molecular flexibility index (Phi) is 8.13. The van der Waals surface area contributed by atoms with Crippen LogP contribution in [0, 0.1) is 0 Å². The maximum atomic E-state index is 10.6. The number of aromatic nitrogens is 2. The molecule has 0 saturated carbocycles. The van der Waals surface area contributed by atoms with Crippen molar-refractivity contribution in [1.29, 1.82) is 0 Å². The summed E-state index contributed by atoms with van der Waals surface area (Å²) in [4.78, 5) is 18.2. The molecule has 4 N–H and O–H groups in total. The fraction of sp³-hybridized carbons (Fsp3) is 0.0690.